The molecule has 0 amide bonds. The van der Waals surface area contributed by atoms with Gasteiger partial charge in [-0.1, -0.05) is 18.2 Å². The molecule has 0 aliphatic carbocycles. The Kier molecular flexibility index (Phi) is 2.37. The summed E-state index contributed by atoms with van der Waals surface area (Å²) in [6.45, 7) is 0.754. The molecule has 2 N–H and O–H groups in total. The normalized spacial score (nSPS) is 15.4. The Labute approximate surface area is 100 Å². The first-order valence-electron chi connectivity index (χ1n) is 5.75. The summed E-state index contributed by atoms with van der Waals surface area (Å²) in [4.78, 5) is 0. The molecular weight excluding hydrogens is 214 g/mol. The van der Waals surface area contributed by atoms with E-state index in [0.717, 1.165) is 30.0 Å². The molecule has 0 fully saturated rings. The number of para-hydroxylation sites is 1. The molecule has 2 heterocycles. The third-order valence-electron chi connectivity index (χ3n) is 3.26. The Morgan fingerprint density at radius 3 is 3.06 bits per heavy atom. The summed E-state index contributed by atoms with van der Waals surface area (Å²) in [5.41, 5.74) is 9.58. The van der Waals surface area contributed by atoms with Gasteiger partial charge in [0.15, 0.2) is 0 Å². The lowest BCUT2D eigenvalue weighted by Crippen LogP contribution is -2.16. The van der Waals surface area contributed by atoms with E-state index in [2.05, 4.69) is 11.2 Å². The van der Waals surface area contributed by atoms with Crippen LogP contribution in [0.1, 0.15) is 22.9 Å². The van der Waals surface area contributed by atoms with Crippen LogP contribution in [0.2, 0.25) is 0 Å². The lowest BCUT2D eigenvalue weighted by molar-refractivity contribution is 0.352. The first-order valence-corrected chi connectivity index (χ1v) is 5.75. The molecule has 4 nitrogen and oxygen atoms in total. The van der Waals surface area contributed by atoms with Gasteiger partial charge in [-0.25, -0.2) is 0 Å². The van der Waals surface area contributed by atoms with Gasteiger partial charge in [-0.05, 0) is 11.6 Å². The number of hydrogen-bond donors (Lipinski definition) is 1. The van der Waals surface area contributed by atoms with E-state index in [-0.39, 0.29) is 6.04 Å². The number of hydrogen-bond acceptors (Lipinski definition) is 3. The van der Waals surface area contributed by atoms with Crippen molar-refractivity contribution in [3.05, 3.63) is 47.3 Å². The monoisotopic (exact) mass is 229 g/mol. The molecule has 1 atom stereocenters. The highest BCUT2D eigenvalue weighted by Gasteiger charge is 2.22. The van der Waals surface area contributed by atoms with E-state index in [9.17, 15) is 0 Å². The van der Waals surface area contributed by atoms with Crippen molar-refractivity contribution in [3.63, 3.8) is 0 Å². The zero-order valence-electron chi connectivity index (χ0n) is 9.76. The van der Waals surface area contributed by atoms with E-state index < -0.39 is 0 Å². The first kappa shape index (κ1) is 10.4. The standard InChI is InChI=1S/C13H15N3O/c1-16-11(5-7-15-16)12(14)10-4-2-3-9-6-8-17-13(9)10/h2-5,7,12H,6,8,14H2,1H3. The van der Waals surface area contributed by atoms with Crippen molar-refractivity contribution in [1.82, 2.24) is 9.78 Å². The van der Waals surface area contributed by atoms with Gasteiger partial charge in [-0.2, -0.15) is 5.10 Å². The number of ether oxygens (including phenoxy) is 1. The maximum absolute atomic E-state index is 6.29. The Morgan fingerprint density at radius 1 is 1.41 bits per heavy atom. The van der Waals surface area contributed by atoms with Gasteiger partial charge in [0, 0.05) is 25.2 Å². The Morgan fingerprint density at radius 2 is 2.29 bits per heavy atom. The highest BCUT2D eigenvalue weighted by Crippen LogP contribution is 2.34. The Hall–Kier alpha value is -1.81. The lowest BCUT2D eigenvalue weighted by Gasteiger charge is -2.15. The Balaban J connectivity index is 2.05. The molecule has 0 bridgehead atoms. The van der Waals surface area contributed by atoms with Crippen LogP contribution >= 0.6 is 0 Å². The third-order valence-corrected chi connectivity index (χ3v) is 3.26. The van der Waals surface area contributed by atoms with Gasteiger partial charge >= 0.3 is 0 Å². The van der Waals surface area contributed by atoms with Gasteiger partial charge < -0.3 is 10.5 Å². The van der Waals surface area contributed by atoms with Crippen molar-refractivity contribution < 1.29 is 4.74 Å². The van der Waals surface area contributed by atoms with Crippen LogP contribution in [0.3, 0.4) is 0 Å². The van der Waals surface area contributed by atoms with Crippen molar-refractivity contribution in [2.45, 2.75) is 12.5 Å². The van der Waals surface area contributed by atoms with E-state index >= 15 is 0 Å². The first-order chi connectivity index (χ1) is 8.27. The molecule has 0 spiro atoms. The topological polar surface area (TPSA) is 53.1 Å². The van der Waals surface area contributed by atoms with Crippen LogP contribution in [-0.4, -0.2) is 16.4 Å². The molecule has 1 aromatic carbocycles. The number of aromatic nitrogens is 2. The smallest absolute Gasteiger partial charge is 0.127 e. The number of benzene rings is 1. The van der Waals surface area contributed by atoms with Gasteiger partial charge in [-0.15, -0.1) is 0 Å². The lowest BCUT2D eigenvalue weighted by atomic mass is 10.0. The van der Waals surface area contributed by atoms with Crippen molar-refractivity contribution in [3.8, 4) is 5.75 Å². The van der Waals surface area contributed by atoms with Crippen LogP contribution < -0.4 is 10.5 Å². The average molecular weight is 229 g/mol. The molecule has 2 aromatic rings. The third kappa shape index (κ3) is 1.61. The fourth-order valence-electron chi connectivity index (χ4n) is 2.33. The minimum atomic E-state index is -0.185. The van der Waals surface area contributed by atoms with Crippen molar-refractivity contribution in [2.24, 2.45) is 12.8 Å². The zero-order valence-corrected chi connectivity index (χ0v) is 9.76. The number of rotatable bonds is 2. The van der Waals surface area contributed by atoms with E-state index in [1.165, 1.54) is 5.56 Å². The van der Waals surface area contributed by atoms with E-state index in [0.29, 0.717) is 0 Å². The SMILES string of the molecule is Cn1nccc1C(N)c1cccc2c1OCC2. The molecule has 0 saturated heterocycles. The predicted octanol–water partition coefficient (Wildman–Crippen LogP) is 1.40. The van der Waals surface area contributed by atoms with Crippen LogP contribution in [0.4, 0.5) is 0 Å². The molecule has 1 aliphatic rings. The van der Waals surface area contributed by atoms with Gasteiger partial charge in [-0.3, -0.25) is 4.68 Å². The summed E-state index contributed by atoms with van der Waals surface area (Å²) < 4.78 is 7.48. The van der Waals surface area contributed by atoms with E-state index in [1.54, 1.807) is 10.9 Å². The molecule has 4 heteroatoms. The highest BCUT2D eigenvalue weighted by atomic mass is 16.5. The number of fused-ring (bicyclic) bond motifs is 1. The van der Waals surface area contributed by atoms with Gasteiger partial charge in [0.1, 0.15) is 5.75 Å². The molecule has 1 aromatic heterocycles. The summed E-state index contributed by atoms with van der Waals surface area (Å²) in [6, 6.07) is 7.93. The maximum atomic E-state index is 6.29. The molecule has 0 radical (unpaired) electrons. The van der Waals surface area contributed by atoms with Gasteiger partial charge in [0.25, 0.3) is 0 Å². The Bertz CT molecular complexity index is 547. The van der Waals surface area contributed by atoms with Gasteiger partial charge in [0.05, 0.1) is 18.3 Å². The van der Waals surface area contributed by atoms with Crippen LogP contribution in [0.25, 0.3) is 0 Å². The van der Waals surface area contributed by atoms with Crippen molar-refractivity contribution in [1.29, 1.82) is 0 Å². The predicted molar refractivity (Wildman–Crippen MR) is 64.9 cm³/mol. The highest BCUT2D eigenvalue weighted by molar-refractivity contribution is 5.47. The summed E-state index contributed by atoms with van der Waals surface area (Å²) in [6.07, 6.45) is 2.74. The second-order valence-electron chi connectivity index (χ2n) is 4.29. The summed E-state index contributed by atoms with van der Waals surface area (Å²) in [5, 5.41) is 4.15. The van der Waals surface area contributed by atoms with Crippen LogP contribution in [0.15, 0.2) is 30.5 Å². The van der Waals surface area contributed by atoms with E-state index in [1.807, 2.05) is 25.2 Å². The van der Waals surface area contributed by atoms with Crippen molar-refractivity contribution >= 4 is 0 Å². The fourth-order valence-corrected chi connectivity index (χ4v) is 2.33. The van der Waals surface area contributed by atoms with E-state index in [4.69, 9.17) is 10.5 Å². The molecular formula is C13H15N3O. The zero-order chi connectivity index (χ0) is 11.8. The minimum Gasteiger partial charge on any atom is -0.493 e. The van der Waals surface area contributed by atoms with Crippen LogP contribution in [0, 0.1) is 0 Å². The molecule has 3 rings (SSSR count). The molecule has 0 saturated carbocycles. The van der Waals surface area contributed by atoms with Crippen LogP contribution in [-0.2, 0) is 13.5 Å². The molecule has 88 valence electrons. The van der Waals surface area contributed by atoms with Gasteiger partial charge in [0.2, 0.25) is 0 Å². The number of nitrogens with zero attached hydrogens (tertiary/aromatic N) is 2. The minimum absolute atomic E-state index is 0.185. The molecule has 1 unspecified atom stereocenters. The quantitative estimate of drug-likeness (QED) is 0.847. The number of aryl methyl sites for hydroxylation is 1. The second-order valence-corrected chi connectivity index (χ2v) is 4.29. The van der Waals surface area contributed by atoms with Crippen LogP contribution in [0.5, 0.6) is 5.75 Å². The maximum Gasteiger partial charge on any atom is 0.127 e. The largest absolute Gasteiger partial charge is 0.493 e. The average Bonchev–Trinajstić information content (AvgIpc) is 2.95. The van der Waals surface area contributed by atoms with Crippen molar-refractivity contribution in [2.75, 3.05) is 6.61 Å². The summed E-state index contributed by atoms with van der Waals surface area (Å²) >= 11 is 0. The fraction of sp³-hybridized carbons (Fsp3) is 0.308. The molecule has 17 heavy (non-hydrogen) atoms. The summed E-state index contributed by atoms with van der Waals surface area (Å²) in [7, 11) is 1.90. The summed E-state index contributed by atoms with van der Waals surface area (Å²) in [5.74, 6) is 0.959. The molecule has 1 aliphatic heterocycles. The number of nitrogens with two attached hydrogens (primary N) is 1. The second kappa shape index (κ2) is 3.89.